The molecule has 0 spiro atoms. The number of benzene rings is 1. The molecule has 0 aliphatic carbocycles. The highest BCUT2D eigenvalue weighted by molar-refractivity contribution is 7.90. The number of nitrogens with one attached hydrogen (secondary N) is 2. The highest BCUT2D eigenvalue weighted by Gasteiger charge is 2.37. The zero-order chi connectivity index (χ0) is 29.6. The number of hydrogen-bond donors (Lipinski definition) is 3. The summed E-state index contributed by atoms with van der Waals surface area (Å²) in [7, 11) is -4.30. The van der Waals surface area contributed by atoms with Crippen molar-refractivity contribution in [1.82, 2.24) is 29.4 Å². The van der Waals surface area contributed by atoms with Gasteiger partial charge in [-0.1, -0.05) is 23.4 Å². The van der Waals surface area contributed by atoms with Gasteiger partial charge in [0.05, 0.1) is 33.6 Å². The molecule has 42 heavy (non-hydrogen) atoms. The van der Waals surface area contributed by atoms with Crippen LogP contribution in [-0.2, 0) is 16.2 Å². The largest absolute Gasteiger partial charge is 0.419 e. The smallest absolute Gasteiger partial charge is 0.392 e. The van der Waals surface area contributed by atoms with E-state index in [9.17, 15) is 26.7 Å². The third-order valence-corrected chi connectivity index (χ3v) is 8.62. The molecular formula is C27H24F3N7O4S. The first kappa shape index (κ1) is 27.8. The Labute approximate surface area is 237 Å². The molecule has 0 bridgehead atoms. The maximum Gasteiger partial charge on any atom is 0.419 e. The van der Waals surface area contributed by atoms with Gasteiger partial charge in [-0.25, -0.2) is 27.3 Å². The quantitative estimate of drug-likeness (QED) is 0.263. The van der Waals surface area contributed by atoms with E-state index in [0.29, 0.717) is 42.7 Å². The van der Waals surface area contributed by atoms with Crippen molar-refractivity contribution < 1.29 is 31.2 Å². The number of anilines is 1. The number of halogens is 3. The number of β-amino-alcohol motifs (C(OH)–C–C–N with tert-alkyl or cyclic N) is 1. The van der Waals surface area contributed by atoms with Gasteiger partial charge in [-0.05, 0) is 37.6 Å². The Bertz CT molecular complexity index is 1870. The molecule has 1 aromatic carbocycles. The van der Waals surface area contributed by atoms with E-state index in [1.807, 2.05) is 0 Å². The van der Waals surface area contributed by atoms with Crippen LogP contribution in [0.2, 0.25) is 0 Å². The van der Waals surface area contributed by atoms with Crippen LogP contribution < -0.4 is 10.6 Å². The van der Waals surface area contributed by atoms with E-state index in [-0.39, 0.29) is 33.5 Å². The molecular weight excluding hydrogens is 575 g/mol. The van der Waals surface area contributed by atoms with Crippen molar-refractivity contribution >= 4 is 27.0 Å². The lowest BCUT2D eigenvalue weighted by molar-refractivity contribution is -0.137. The normalized spacial score (nSPS) is 17.9. The average Bonchev–Trinajstić information content (AvgIpc) is 3.56. The summed E-state index contributed by atoms with van der Waals surface area (Å²) in [6, 6.07) is 10.2. The molecule has 15 heteroatoms. The Morgan fingerprint density at radius 2 is 1.88 bits per heavy atom. The van der Waals surface area contributed by atoms with Gasteiger partial charge in [0.2, 0.25) is 5.95 Å². The molecule has 1 saturated heterocycles. The van der Waals surface area contributed by atoms with E-state index in [1.54, 1.807) is 31.2 Å². The topological polar surface area (TPSA) is 148 Å². The number of aliphatic hydroxyl groups is 1. The van der Waals surface area contributed by atoms with Crippen molar-refractivity contribution in [3.8, 4) is 22.5 Å². The molecule has 5 heterocycles. The molecule has 6 rings (SSSR count). The predicted molar refractivity (Wildman–Crippen MR) is 146 cm³/mol. The third-order valence-electron chi connectivity index (χ3n) is 6.96. The van der Waals surface area contributed by atoms with E-state index in [4.69, 9.17) is 4.52 Å². The van der Waals surface area contributed by atoms with Crippen molar-refractivity contribution in [3.63, 3.8) is 0 Å². The van der Waals surface area contributed by atoms with Gasteiger partial charge < -0.3 is 20.3 Å². The Kier molecular flexibility index (Phi) is 6.95. The summed E-state index contributed by atoms with van der Waals surface area (Å²) in [5.41, 5.74) is -0.565. The highest BCUT2D eigenvalue weighted by atomic mass is 32.2. The molecule has 0 saturated carbocycles. The molecule has 1 aliphatic heterocycles. The van der Waals surface area contributed by atoms with Crippen LogP contribution in [0, 0.1) is 6.92 Å². The van der Waals surface area contributed by atoms with E-state index in [1.165, 1.54) is 24.5 Å². The fourth-order valence-corrected chi connectivity index (χ4v) is 6.26. The number of rotatable bonds is 6. The molecule has 4 aromatic heterocycles. The summed E-state index contributed by atoms with van der Waals surface area (Å²) < 4.78 is 76.3. The summed E-state index contributed by atoms with van der Waals surface area (Å²) in [5.74, 6) is -0.101. The second kappa shape index (κ2) is 10.5. The summed E-state index contributed by atoms with van der Waals surface area (Å²) in [5, 5.41) is 19.9. The molecule has 218 valence electrons. The van der Waals surface area contributed by atoms with Crippen LogP contribution in [0.3, 0.4) is 0 Å². The van der Waals surface area contributed by atoms with Crippen LogP contribution in [0.1, 0.15) is 17.7 Å². The number of aromatic nitrogens is 5. The molecule has 5 aromatic rings. The minimum Gasteiger partial charge on any atom is -0.392 e. The molecule has 11 nitrogen and oxygen atoms in total. The third kappa shape index (κ3) is 5.10. The second-order valence-electron chi connectivity index (χ2n) is 9.88. The van der Waals surface area contributed by atoms with Crippen molar-refractivity contribution in [2.75, 3.05) is 18.4 Å². The number of fused-ring (bicyclic) bond motifs is 1. The van der Waals surface area contributed by atoms with Gasteiger partial charge in [0.25, 0.3) is 10.0 Å². The summed E-state index contributed by atoms with van der Waals surface area (Å²) >= 11 is 0. The Morgan fingerprint density at radius 1 is 1.10 bits per heavy atom. The zero-order valence-electron chi connectivity index (χ0n) is 22.0. The predicted octanol–water partition coefficient (Wildman–Crippen LogP) is 3.85. The number of aryl methyl sites for hydroxylation is 1. The zero-order valence-corrected chi connectivity index (χ0v) is 22.8. The number of alkyl halides is 3. The lowest BCUT2D eigenvalue weighted by Gasteiger charge is -2.27. The summed E-state index contributed by atoms with van der Waals surface area (Å²) in [4.78, 5) is 12.6. The lowest BCUT2D eigenvalue weighted by atomic mass is 10.0. The van der Waals surface area contributed by atoms with E-state index >= 15 is 0 Å². The van der Waals surface area contributed by atoms with Gasteiger partial charge >= 0.3 is 6.18 Å². The van der Waals surface area contributed by atoms with Crippen LogP contribution in [-0.4, -0.2) is 62.8 Å². The standard InChI is InChI=1S/C27H24F3N7O4S/c1-15-21(14-41-36-15)23-8-7-19-20(13-37(25(19)34-23)42(39,40)18-5-3-2-4-6-18)24-22(27(28,29)30)12-32-26(35-24)33-16-9-17(38)11-31-10-16/h2-8,12-14,16-17,31,38H,9-11H2,1H3,(H,32,33,35)/t16-,17+/m0/s1. The minimum atomic E-state index is -4.85. The molecule has 0 radical (unpaired) electrons. The van der Waals surface area contributed by atoms with Gasteiger partial charge in [-0.2, -0.15) is 13.2 Å². The van der Waals surface area contributed by atoms with E-state index in [2.05, 4.69) is 30.7 Å². The van der Waals surface area contributed by atoms with E-state index < -0.39 is 33.6 Å². The van der Waals surface area contributed by atoms with Crippen LogP contribution in [0.15, 0.2) is 70.5 Å². The van der Waals surface area contributed by atoms with Gasteiger partial charge in [0, 0.05) is 42.5 Å². The average molecular weight is 600 g/mol. The van der Waals surface area contributed by atoms with Crippen molar-refractivity contribution in [2.45, 2.75) is 36.6 Å². The van der Waals surface area contributed by atoms with Crippen LogP contribution >= 0.6 is 0 Å². The molecule has 0 amide bonds. The molecule has 0 unspecified atom stereocenters. The van der Waals surface area contributed by atoms with Crippen LogP contribution in [0.4, 0.5) is 19.1 Å². The maximum atomic E-state index is 14.3. The minimum absolute atomic E-state index is 0.0775. The Hall–Kier alpha value is -4.34. The molecule has 3 N–H and O–H groups in total. The fourth-order valence-electron chi connectivity index (χ4n) is 4.92. The highest BCUT2D eigenvalue weighted by Crippen LogP contribution is 2.40. The molecule has 1 fully saturated rings. The lowest BCUT2D eigenvalue weighted by Crippen LogP contribution is -2.46. The Morgan fingerprint density at radius 3 is 2.57 bits per heavy atom. The number of piperidine rings is 1. The molecule has 1 aliphatic rings. The Balaban J connectivity index is 1.57. The van der Waals surface area contributed by atoms with E-state index in [0.717, 1.165) is 10.2 Å². The number of hydrogen-bond acceptors (Lipinski definition) is 10. The van der Waals surface area contributed by atoms with Gasteiger partial charge in [0.15, 0.2) is 5.65 Å². The van der Waals surface area contributed by atoms with Crippen LogP contribution in [0.5, 0.6) is 0 Å². The first-order valence-electron chi connectivity index (χ1n) is 12.9. The maximum absolute atomic E-state index is 14.3. The van der Waals surface area contributed by atoms with Gasteiger partial charge in [0.1, 0.15) is 11.8 Å². The van der Waals surface area contributed by atoms with Crippen LogP contribution in [0.25, 0.3) is 33.5 Å². The number of nitrogens with zero attached hydrogens (tertiary/aromatic N) is 5. The van der Waals surface area contributed by atoms with Gasteiger partial charge in [-0.3, -0.25) is 0 Å². The summed E-state index contributed by atoms with van der Waals surface area (Å²) in [6.45, 7) is 2.53. The molecule has 2 atom stereocenters. The fraction of sp³-hybridized carbons (Fsp3) is 0.259. The van der Waals surface area contributed by atoms with Gasteiger partial charge in [-0.15, -0.1) is 0 Å². The van der Waals surface area contributed by atoms with Crippen molar-refractivity contribution in [2.24, 2.45) is 0 Å². The summed E-state index contributed by atoms with van der Waals surface area (Å²) in [6.07, 6.45) is -2.04. The van der Waals surface area contributed by atoms with Crippen molar-refractivity contribution in [1.29, 1.82) is 0 Å². The number of pyridine rings is 1. The first-order valence-corrected chi connectivity index (χ1v) is 14.3. The second-order valence-corrected chi connectivity index (χ2v) is 11.7. The first-order chi connectivity index (χ1) is 20.0. The number of aliphatic hydroxyl groups excluding tert-OH is 1. The monoisotopic (exact) mass is 599 g/mol. The van der Waals surface area contributed by atoms with Crippen molar-refractivity contribution in [3.05, 3.63) is 72.4 Å². The SMILES string of the molecule is Cc1nocc1-c1ccc2c(-c3nc(N[C@@H]4CNC[C@H](O)C4)ncc3C(F)(F)F)cn(S(=O)(=O)c3ccccc3)c2n1.